The lowest BCUT2D eigenvalue weighted by Crippen LogP contribution is -2.47. The van der Waals surface area contributed by atoms with E-state index in [1.165, 1.54) is 6.26 Å². The molecule has 0 bridgehead atoms. The van der Waals surface area contributed by atoms with Gasteiger partial charge < -0.3 is 4.90 Å². The third-order valence-electron chi connectivity index (χ3n) is 3.84. The zero-order valence-corrected chi connectivity index (χ0v) is 13.8. The third-order valence-corrected chi connectivity index (χ3v) is 4.61. The number of rotatable bonds is 5. The van der Waals surface area contributed by atoms with Crippen molar-refractivity contribution in [3.05, 3.63) is 30.3 Å². The molecule has 22 heavy (non-hydrogen) atoms. The number of nitrogens with one attached hydrogen (secondary N) is 1. The number of carbonyl (C=O) groups is 1. The molecule has 0 aliphatic carbocycles. The van der Waals surface area contributed by atoms with Gasteiger partial charge in [-0.05, 0) is 25.0 Å². The molecule has 0 aromatic heterocycles. The Kier molecular flexibility index (Phi) is 5.55. The molecule has 122 valence electrons. The van der Waals surface area contributed by atoms with E-state index in [-0.39, 0.29) is 11.9 Å². The molecule has 1 amide bonds. The van der Waals surface area contributed by atoms with Gasteiger partial charge in [0, 0.05) is 31.9 Å². The van der Waals surface area contributed by atoms with Crippen molar-refractivity contribution >= 4 is 21.6 Å². The lowest BCUT2D eigenvalue weighted by molar-refractivity contribution is -0.119. The molecule has 6 nitrogen and oxygen atoms in total. The van der Waals surface area contributed by atoms with E-state index in [0.717, 1.165) is 31.6 Å². The van der Waals surface area contributed by atoms with Crippen LogP contribution in [0.15, 0.2) is 30.3 Å². The normalized spacial score (nSPS) is 17.4. The number of para-hydroxylation sites is 1. The van der Waals surface area contributed by atoms with E-state index in [1.807, 2.05) is 30.3 Å². The van der Waals surface area contributed by atoms with Crippen LogP contribution in [0.3, 0.4) is 0 Å². The van der Waals surface area contributed by atoms with E-state index in [1.54, 1.807) is 11.9 Å². The van der Waals surface area contributed by atoms with Crippen molar-refractivity contribution in [3.8, 4) is 0 Å². The van der Waals surface area contributed by atoms with E-state index < -0.39 is 10.0 Å². The molecule has 1 aliphatic heterocycles. The van der Waals surface area contributed by atoms with Crippen LogP contribution in [0.25, 0.3) is 0 Å². The van der Waals surface area contributed by atoms with Gasteiger partial charge in [-0.15, -0.1) is 0 Å². The first kappa shape index (κ1) is 16.9. The second-order valence-electron chi connectivity index (χ2n) is 5.73. The predicted molar refractivity (Wildman–Crippen MR) is 87.3 cm³/mol. The van der Waals surface area contributed by atoms with Crippen molar-refractivity contribution in [2.24, 2.45) is 0 Å². The number of sulfonamides is 1. The zero-order chi connectivity index (χ0) is 16.2. The summed E-state index contributed by atoms with van der Waals surface area (Å²) in [4.78, 5) is 16.0. The van der Waals surface area contributed by atoms with Gasteiger partial charge in [0.25, 0.3) is 0 Å². The number of likely N-dealkylation sites (tertiary alicyclic amines) is 1. The molecule has 0 unspecified atom stereocenters. The van der Waals surface area contributed by atoms with Gasteiger partial charge in [0.2, 0.25) is 15.9 Å². The summed E-state index contributed by atoms with van der Waals surface area (Å²) >= 11 is 0. The Morgan fingerprint density at radius 1 is 1.27 bits per heavy atom. The number of likely N-dealkylation sites (N-methyl/N-ethyl adjacent to an activating group) is 1. The molecule has 1 aromatic rings. The first-order valence-corrected chi connectivity index (χ1v) is 9.25. The Labute approximate surface area is 132 Å². The number of hydrogen-bond acceptors (Lipinski definition) is 4. The topological polar surface area (TPSA) is 69.7 Å². The van der Waals surface area contributed by atoms with Crippen molar-refractivity contribution in [1.82, 2.24) is 9.62 Å². The molecule has 1 saturated heterocycles. The maximum absolute atomic E-state index is 12.3. The Hall–Kier alpha value is -1.44. The Balaban J connectivity index is 1.82. The van der Waals surface area contributed by atoms with E-state index in [9.17, 15) is 13.2 Å². The molecule has 1 fully saturated rings. The van der Waals surface area contributed by atoms with Gasteiger partial charge in [0.05, 0.1) is 12.8 Å². The number of nitrogens with zero attached hydrogens (tertiary/aromatic N) is 2. The largest absolute Gasteiger partial charge is 0.314 e. The SMILES string of the molecule is CN(C(=O)CN1CCC(NS(C)(=O)=O)CC1)c1ccccc1. The summed E-state index contributed by atoms with van der Waals surface area (Å²) in [6.07, 6.45) is 2.64. The average Bonchev–Trinajstić information content (AvgIpc) is 2.48. The highest BCUT2D eigenvalue weighted by atomic mass is 32.2. The van der Waals surface area contributed by atoms with E-state index in [4.69, 9.17) is 0 Å². The van der Waals surface area contributed by atoms with Gasteiger partial charge in [-0.1, -0.05) is 18.2 Å². The van der Waals surface area contributed by atoms with Crippen molar-refractivity contribution in [3.63, 3.8) is 0 Å². The van der Waals surface area contributed by atoms with Gasteiger partial charge >= 0.3 is 0 Å². The van der Waals surface area contributed by atoms with E-state index in [0.29, 0.717) is 6.54 Å². The van der Waals surface area contributed by atoms with Gasteiger partial charge in [0.15, 0.2) is 0 Å². The summed E-state index contributed by atoms with van der Waals surface area (Å²) in [6, 6.07) is 9.51. The fourth-order valence-electron chi connectivity index (χ4n) is 2.60. The fraction of sp³-hybridized carbons (Fsp3) is 0.533. The minimum atomic E-state index is -3.16. The molecule has 0 saturated carbocycles. The second kappa shape index (κ2) is 7.21. The predicted octanol–water partition coefficient (Wildman–Crippen LogP) is 0.663. The summed E-state index contributed by atoms with van der Waals surface area (Å²) in [5.41, 5.74) is 0.876. The number of carbonyl (C=O) groups excluding carboxylic acids is 1. The molecule has 0 radical (unpaired) electrons. The van der Waals surface area contributed by atoms with Crippen molar-refractivity contribution < 1.29 is 13.2 Å². The van der Waals surface area contributed by atoms with Gasteiger partial charge in [0.1, 0.15) is 0 Å². The molecular formula is C15H23N3O3S. The van der Waals surface area contributed by atoms with Gasteiger partial charge in [-0.2, -0.15) is 0 Å². The van der Waals surface area contributed by atoms with Crippen LogP contribution in [-0.4, -0.2) is 58.2 Å². The molecular weight excluding hydrogens is 302 g/mol. The maximum Gasteiger partial charge on any atom is 0.240 e. The molecule has 1 aromatic carbocycles. The summed E-state index contributed by atoms with van der Waals surface area (Å²) in [7, 11) is -1.38. The molecule has 7 heteroatoms. The number of amides is 1. The van der Waals surface area contributed by atoms with Crippen LogP contribution >= 0.6 is 0 Å². The lowest BCUT2D eigenvalue weighted by atomic mass is 10.1. The zero-order valence-electron chi connectivity index (χ0n) is 13.0. The smallest absolute Gasteiger partial charge is 0.240 e. The average molecular weight is 325 g/mol. The molecule has 1 aliphatic rings. The van der Waals surface area contributed by atoms with Crippen LogP contribution in [-0.2, 0) is 14.8 Å². The number of benzene rings is 1. The molecule has 0 spiro atoms. The van der Waals surface area contributed by atoms with Gasteiger partial charge in [-0.25, -0.2) is 13.1 Å². The third kappa shape index (κ3) is 5.08. The lowest BCUT2D eigenvalue weighted by Gasteiger charge is -2.32. The monoisotopic (exact) mass is 325 g/mol. The van der Waals surface area contributed by atoms with E-state index >= 15 is 0 Å². The molecule has 2 rings (SSSR count). The highest BCUT2D eigenvalue weighted by Crippen LogP contribution is 2.14. The van der Waals surface area contributed by atoms with Crippen molar-refractivity contribution in [2.75, 3.05) is 37.8 Å². The Morgan fingerprint density at radius 2 is 1.86 bits per heavy atom. The van der Waals surface area contributed by atoms with Crippen LogP contribution in [0, 0.1) is 0 Å². The fourth-order valence-corrected chi connectivity index (χ4v) is 3.45. The minimum Gasteiger partial charge on any atom is -0.314 e. The first-order chi connectivity index (χ1) is 10.3. The van der Waals surface area contributed by atoms with Crippen molar-refractivity contribution in [2.45, 2.75) is 18.9 Å². The summed E-state index contributed by atoms with van der Waals surface area (Å²) in [5.74, 6) is 0.0423. The summed E-state index contributed by atoms with van der Waals surface area (Å²) in [6.45, 7) is 1.81. The van der Waals surface area contributed by atoms with Crippen molar-refractivity contribution in [1.29, 1.82) is 0 Å². The van der Waals surface area contributed by atoms with Crippen LogP contribution in [0.5, 0.6) is 0 Å². The number of hydrogen-bond donors (Lipinski definition) is 1. The summed E-state index contributed by atoms with van der Waals surface area (Å²) < 4.78 is 25.1. The maximum atomic E-state index is 12.3. The molecule has 1 N–H and O–H groups in total. The second-order valence-corrected chi connectivity index (χ2v) is 7.51. The van der Waals surface area contributed by atoms with Crippen LogP contribution in [0.1, 0.15) is 12.8 Å². The van der Waals surface area contributed by atoms with Crippen LogP contribution in [0.2, 0.25) is 0 Å². The minimum absolute atomic E-state index is 0.0202. The number of piperidine rings is 1. The van der Waals surface area contributed by atoms with Crippen LogP contribution in [0.4, 0.5) is 5.69 Å². The first-order valence-electron chi connectivity index (χ1n) is 7.36. The number of anilines is 1. The Morgan fingerprint density at radius 3 is 2.41 bits per heavy atom. The molecule has 0 atom stereocenters. The van der Waals surface area contributed by atoms with Gasteiger partial charge in [-0.3, -0.25) is 9.69 Å². The quantitative estimate of drug-likeness (QED) is 0.863. The van der Waals surface area contributed by atoms with E-state index in [2.05, 4.69) is 9.62 Å². The molecule has 1 heterocycles. The van der Waals surface area contributed by atoms with Crippen LogP contribution < -0.4 is 9.62 Å². The standard InChI is InChI=1S/C15H23N3O3S/c1-17(14-6-4-3-5-7-14)15(19)12-18-10-8-13(9-11-18)16-22(2,20)21/h3-7,13,16H,8-12H2,1-2H3. The highest BCUT2D eigenvalue weighted by molar-refractivity contribution is 7.88. The Bertz CT molecular complexity index is 596. The highest BCUT2D eigenvalue weighted by Gasteiger charge is 2.23. The summed E-state index contributed by atoms with van der Waals surface area (Å²) in [5, 5.41) is 0.